The predicted octanol–water partition coefficient (Wildman–Crippen LogP) is -1.41. The molecule has 0 spiro atoms. The summed E-state index contributed by atoms with van der Waals surface area (Å²) in [7, 11) is 1.39. The van der Waals surface area contributed by atoms with E-state index in [1.807, 2.05) is 0 Å². The minimum atomic E-state index is -2.36. The van der Waals surface area contributed by atoms with Crippen molar-refractivity contribution in [2.45, 2.75) is 4.90 Å². The van der Waals surface area contributed by atoms with Crippen LogP contribution in [-0.2, 0) is 11.1 Å². The number of rotatable bonds is 2. The van der Waals surface area contributed by atoms with Crippen LogP contribution in [0.5, 0.6) is 5.75 Å². The Kier molecular flexibility index (Phi) is 6.20. The molecule has 0 aliphatic carbocycles. The molecule has 0 radical (unpaired) electrons. The van der Waals surface area contributed by atoms with Crippen LogP contribution in [0.4, 0.5) is 0 Å². The SMILES string of the molecule is COc1cccc(Cl)c1S(=O)[O-].[Na+]. The molecule has 3 nitrogen and oxygen atoms in total. The van der Waals surface area contributed by atoms with Crippen LogP contribution in [0.25, 0.3) is 0 Å². The average Bonchev–Trinajstić information content (AvgIpc) is 2.03. The van der Waals surface area contributed by atoms with Crippen molar-refractivity contribution in [2.24, 2.45) is 0 Å². The molecule has 0 fully saturated rings. The van der Waals surface area contributed by atoms with Crippen LogP contribution >= 0.6 is 11.6 Å². The Morgan fingerprint density at radius 2 is 2.15 bits per heavy atom. The van der Waals surface area contributed by atoms with Crippen LogP contribution < -0.4 is 34.3 Å². The van der Waals surface area contributed by atoms with Crippen molar-refractivity contribution in [2.75, 3.05) is 7.11 Å². The van der Waals surface area contributed by atoms with Gasteiger partial charge in [-0.2, -0.15) is 0 Å². The van der Waals surface area contributed by atoms with Gasteiger partial charge in [0.25, 0.3) is 0 Å². The van der Waals surface area contributed by atoms with E-state index < -0.39 is 11.1 Å². The summed E-state index contributed by atoms with van der Waals surface area (Å²) in [5, 5.41) is 0.169. The van der Waals surface area contributed by atoms with Crippen LogP contribution in [0.15, 0.2) is 23.1 Å². The second kappa shape index (κ2) is 6.01. The summed E-state index contributed by atoms with van der Waals surface area (Å²) in [5.41, 5.74) is 0. The Morgan fingerprint density at radius 1 is 1.54 bits per heavy atom. The third-order valence-corrected chi connectivity index (χ3v) is 2.50. The van der Waals surface area contributed by atoms with E-state index in [4.69, 9.17) is 16.3 Å². The summed E-state index contributed by atoms with van der Waals surface area (Å²) >= 11 is 3.27. The second-order valence-corrected chi connectivity index (χ2v) is 3.29. The minimum Gasteiger partial charge on any atom is -0.768 e. The Bertz CT molecular complexity index is 319. The number of ether oxygens (including phenoxy) is 1. The van der Waals surface area contributed by atoms with Crippen molar-refractivity contribution in [3.05, 3.63) is 23.2 Å². The maximum atomic E-state index is 10.6. The zero-order chi connectivity index (χ0) is 9.14. The summed E-state index contributed by atoms with van der Waals surface area (Å²) in [6, 6.07) is 4.66. The monoisotopic (exact) mass is 228 g/mol. The first-order valence-corrected chi connectivity index (χ1v) is 4.54. The first-order valence-electron chi connectivity index (χ1n) is 3.08. The fraction of sp³-hybridized carbons (Fsp3) is 0.143. The summed E-state index contributed by atoms with van der Waals surface area (Å²) in [6.45, 7) is 0. The van der Waals surface area contributed by atoms with Crippen molar-refractivity contribution < 1.29 is 43.1 Å². The quantitative estimate of drug-likeness (QED) is 0.462. The van der Waals surface area contributed by atoms with Crippen LogP contribution in [0, 0.1) is 0 Å². The van der Waals surface area contributed by atoms with E-state index in [2.05, 4.69) is 0 Å². The molecule has 66 valence electrons. The van der Waals surface area contributed by atoms with Crippen LogP contribution in [-0.4, -0.2) is 15.9 Å². The molecule has 0 bridgehead atoms. The molecular weight excluding hydrogens is 223 g/mol. The van der Waals surface area contributed by atoms with Gasteiger partial charge in [-0.25, -0.2) is 0 Å². The van der Waals surface area contributed by atoms with Crippen LogP contribution in [0.1, 0.15) is 0 Å². The fourth-order valence-corrected chi connectivity index (χ4v) is 1.71. The van der Waals surface area contributed by atoms with Crippen molar-refractivity contribution in [1.29, 1.82) is 0 Å². The minimum absolute atomic E-state index is 0. The van der Waals surface area contributed by atoms with Gasteiger partial charge in [0, 0.05) is 0 Å². The number of benzene rings is 1. The number of hydrogen-bond donors (Lipinski definition) is 0. The number of methoxy groups -OCH3 is 1. The molecule has 0 aromatic heterocycles. The summed E-state index contributed by atoms with van der Waals surface area (Å²) < 4.78 is 26.1. The maximum Gasteiger partial charge on any atom is 1.00 e. The van der Waals surface area contributed by atoms with Crippen molar-refractivity contribution in [3.8, 4) is 5.75 Å². The van der Waals surface area contributed by atoms with Gasteiger partial charge in [-0.3, -0.25) is 4.21 Å². The molecule has 0 saturated carbocycles. The van der Waals surface area contributed by atoms with E-state index in [9.17, 15) is 8.76 Å². The van der Waals surface area contributed by atoms with E-state index in [0.717, 1.165) is 0 Å². The summed E-state index contributed by atoms with van der Waals surface area (Å²) in [6.07, 6.45) is 0. The van der Waals surface area contributed by atoms with Crippen molar-refractivity contribution in [3.63, 3.8) is 0 Å². The Labute approximate surface area is 106 Å². The van der Waals surface area contributed by atoms with E-state index in [1.54, 1.807) is 6.07 Å². The van der Waals surface area contributed by atoms with E-state index >= 15 is 0 Å². The first-order chi connectivity index (χ1) is 5.66. The molecule has 1 aromatic carbocycles. The van der Waals surface area contributed by atoms with Gasteiger partial charge in [0.2, 0.25) is 0 Å². The summed E-state index contributed by atoms with van der Waals surface area (Å²) in [5.74, 6) is 0.260. The first kappa shape index (κ1) is 13.4. The molecule has 0 aliphatic rings. The molecule has 0 saturated heterocycles. The van der Waals surface area contributed by atoms with E-state index in [0.29, 0.717) is 0 Å². The van der Waals surface area contributed by atoms with Crippen LogP contribution in [0.3, 0.4) is 0 Å². The van der Waals surface area contributed by atoms with Crippen molar-refractivity contribution in [1.82, 2.24) is 0 Å². The van der Waals surface area contributed by atoms with E-state index in [1.165, 1.54) is 19.2 Å². The predicted molar refractivity (Wildman–Crippen MR) is 45.2 cm³/mol. The number of hydrogen-bond acceptors (Lipinski definition) is 3. The normalized spacial score (nSPS) is 11.6. The molecular formula is C7H6ClNaO3S. The molecule has 0 aliphatic heterocycles. The van der Waals surface area contributed by atoms with Gasteiger partial charge in [-0.05, 0) is 23.2 Å². The Balaban J connectivity index is 0.00000144. The fourth-order valence-electron chi connectivity index (χ4n) is 0.812. The average molecular weight is 229 g/mol. The molecule has 6 heteroatoms. The summed E-state index contributed by atoms with van der Waals surface area (Å²) in [4.78, 5) is 0.00154. The topological polar surface area (TPSA) is 49.4 Å². The van der Waals surface area contributed by atoms with Gasteiger partial charge in [0.15, 0.2) is 0 Å². The Hall–Kier alpha value is 0.420. The third-order valence-electron chi connectivity index (χ3n) is 1.32. The largest absolute Gasteiger partial charge is 1.00 e. The number of halogens is 1. The van der Waals surface area contributed by atoms with Gasteiger partial charge in [-0.15, -0.1) is 0 Å². The van der Waals surface area contributed by atoms with Gasteiger partial charge in [0.1, 0.15) is 5.75 Å². The van der Waals surface area contributed by atoms with Gasteiger partial charge in [-0.1, -0.05) is 17.7 Å². The van der Waals surface area contributed by atoms with Gasteiger partial charge in [0.05, 0.1) is 17.0 Å². The third kappa shape index (κ3) is 3.23. The smallest absolute Gasteiger partial charge is 0.768 e. The molecule has 1 atom stereocenters. The second-order valence-electron chi connectivity index (χ2n) is 2.01. The molecule has 1 unspecified atom stereocenters. The Morgan fingerprint density at radius 3 is 2.54 bits per heavy atom. The van der Waals surface area contributed by atoms with Gasteiger partial charge < -0.3 is 9.29 Å². The van der Waals surface area contributed by atoms with E-state index in [-0.39, 0.29) is 45.2 Å². The zero-order valence-corrected chi connectivity index (χ0v) is 10.8. The molecule has 0 amide bonds. The maximum absolute atomic E-state index is 10.6. The van der Waals surface area contributed by atoms with Crippen molar-refractivity contribution >= 4 is 22.7 Å². The zero-order valence-electron chi connectivity index (χ0n) is 7.24. The molecule has 1 aromatic rings. The molecule has 0 heterocycles. The molecule has 0 N–H and O–H groups in total. The molecule has 1 rings (SSSR count). The standard InChI is InChI=1S/C7H7ClO3S.Na/c1-11-6-4-2-3-5(8)7(6)12(9)10;/h2-4H,1H3,(H,9,10);/q;+1/p-1. The van der Waals surface area contributed by atoms with Crippen LogP contribution in [0.2, 0.25) is 5.02 Å². The van der Waals surface area contributed by atoms with Gasteiger partial charge >= 0.3 is 29.6 Å². The molecule has 13 heavy (non-hydrogen) atoms.